The summed E-state index contributed by atoms with van der Waals surface area (Å²) in [6.45, 7) is 0. The molecule has 0 atom stereocenters. The van der Waals surface area contributed by atoms with Crippen LogP contribution in [0.5, 0.6) is 5.75 Å². The van der Waals surface area contributed by atoms with E-state index < -0.39 is 0 Å². The van der Waals surface area contributed by atoms with E-state index in [1.54, 1.807) is 43.8 Å². The number of pyridine rings is 2. The Bertz CT molecular complexity index is 1160. The van der Waals surface area contributed by atoms with E-state index in [9.17, 15) is 4.79 Å². The molecule has 6 heteroatoms. The molecule has 0 aliphatic heterocycles. The fourth-order valence-corrected chi connectivity index (χ4v) is 3.17. The number of carbonyl (C=O) groups excluding carboxylic acids is 1. The Hall–Kier alpha value is -3.44. The van der Waals surface area contributed by atoms with Crippen LogP contribution in [0.4, 0.5) is 5.69 Å². The molecule has 2 aromatic carbocycles. The van der Waals surface area contributed by atoms with Gasteiger partial charge >= 0.3 is 0 Å². The Balaban J connectivity index is 1.81. The number of carbonyl (C=O) groups is 1. The zero-order valence-corrected chi connectivity index (χ0v) is 15.8. The highest BCUT2D eigenvalue weighted by Gasteiger charge is 2.16. The molecule has 0 saturated carbocycles. The van der Waals surface area contributed by atoms with Gasteiger partial charge in [-0.15, -0.1) is 0 Å². The molecule has 138 valence electrons. The first-order valence-corrected chi connectivity index (χ1v) is 8.98. The molecule has 5 nitrogen and oxygen atoms in total. The van der Waals surface area contributed by atoms with E-state index in [4.69, 9.17) is 16.3 Å². The second-order valence-corrected chi connectivity index (χ2v) is 6.54. The quantitative estimate of drug-likeness (QED) is 0.520. The van der Waals surface area contributed by atoms with Crippen molar-refractivity contribution in [2.45, 2.75) is 0 Å². The summed E-state index contributed by atoms with van der Waals surface area (Å²) in [6, 6.07) is 18.1. The van der Waals surface area contributed by atoms with Gasteiger partial charge < -0.3 is 10.1 Å². The van der Waals surface area contributed by atoms with Gasteiger partial charge in [-0.1, -0.05) is 29.8 Å². The average Bonchev–Trinajstić information content (AvgIpc) is 2.73. The molecule has 4 aromatic rings. The summed E-state index contributed by atoms with van der Waals surface area (Å²) >= 11 is 6.08. The van der Waals surface area contributed by atoms with Gasteiger partial charge in [-0.05, 0) is 42.5 Å². The van der Waals surface area contributed by atoms with Gasteiger partial charge in [-0.25, -0.2) is 4.98 Å². The maximum atomic E-state index is 13.1. The molecular formula is C22H16ClN3O2. The second-order valence-electron chi connectivity index (χ2n) is 6.11. The molecule has 0 unspecified atom stereocenters. The monoisotopic (exact) mass is 389 g/mol. The number of hydrogen-bond donors (Lipinski definition) is 1. The summed E-state index contributed by atoms with van der Waals surface area (Å²) < 4.78 is 5.32. The third-order valence-corrected chi connectivity index (χ3v) is 4.58. The lowest BCUT2D eigenvalue weighted by Gasteiger charge is -2.13. The minimum absolute atomic E-state index is 0.269. The van der Waals surface area contributed by atoms with E-state index in [1.807, 2.05) is 36.4 Å². The molecule has 2 aromatic heterocycles. The van der Waals surface area contributed by atoms with Crippen LogP contribution in [-0.2, 0) is 0 Å². The van der Waals surface area contributed by atoms with Gasteiger partial charge in [0.25, 0.3) is 5.91 Å². The lowest BCUT2D eigenvalue weighted by atomic mass is 10.0. The molecule has 2 heterocycles. The van der Waals surface area contributed by atoms with E-state index in [-0.39, 0.29) is 5.91 Å². The molecule has 0 aliphatic rings. The number of halogens is 1. The molecule has 1 amide bonds. The molecule has 1 N–H and O–H groups in total. The summed E-state index contributed by atoms with van der Waals surface area (Å²) in [5, 5.41) is 4.17. The van der Waals surface area contributed by atoms with Gasteiger partial charge in [0.1, 0.15) is 5.75 Å². The van der Waals surface area contributed by atoms with E-state index in [0.717, 1.165) is 16.5 Å². The molecule has 0 fully saturated rings. The maximum absolute atomic E-state index is 13.1. The van der Waals surface area contributed by atoms with Crippen molar-refractivity contribution >= 4 is 34.1 Å². The fourth-order valence-electron chi connectivity index (χ4n) is 3.00. The van der Waals surface area contributed by atoms with Crippen LogP contribution in [0.1, 0.15) is 10.4 Å². The van der Waals surface area contributed by atoms with Crippen molar-refractivity contribution in [3.63, 3.8) is 0 Å². The zero-order valence-electron chi connectivity index (χ0n) is 15.0. The summed E-state index contributed by atoms with van der Waals surface area (Å²) in [6.07, 6.45) is 3.39. The molecule has 0 saturated heterocycles. The van der Waals surface area contributed by atoms with Crippen LogP contribution in [0.15, 0.2) is 73.1 Å². The van der Waals surface area contributed by atoms with Gasteiger partial charge in [0.05, 0.1) is 29.6 Å². The predicted molar refractivity (Wildman–Crippen MR) is 111 cm³/mol. The van der Waals surface area contributed by atoms with Crippen LogP contribution < -0.4 is 10.1 Å². The number of hydrogen-bond acceptors (Lipinski definition) is 4. The number of ether oxygens (including phenoxy) is 1. The van der Waals surface area contributed by atoms with Crippen LogP contribution >= 0.6 is 11.6 Å². The van der Waals surface area contributed by atoms with Crippen LogP contribution in [-0.4, -0.2) is 23.0 Å². The van der Waals surface area contributed by atoms with E-state index in [1.165, 1.54) is 0 Å². The number of amides is 1. The molecule has 0 radical (unpaired) electrons. The fraction of sp³-hybridized carbons (Fsp3) is 0.0455. The standard InChI is InChI=1S/C22H16ClN3O2/c1-28-21-7-6-15(23)12-20(21)26-22(27)17-13-19(14-8-10-24-11-9-14)25-18-5-3-2-4-16(17)18/h2-13H,1H3,(H,26,27). The Morgan fingerprint density at radius 2 is 1.82 bits per heavy atom. The van der Waals surface area contributed by atoms with E-state index >= 15 is 0 Å². The van der Waals surface area contributed by atoms with Gasteiger partial charge in [-0.2, -0.15) is 0 Å². The lowest BCUT2D eigenvalue weighted by Crippen LogP contribution is -2.14. The molecule has 28 heavy (non-hydrogen) atoms. The SMILES string of the molecule is COc1ccc(Cl)cc1NC(=O)c1cc(-c2ccncc2)nc2ccccc12. The number of anilines is 1. The van der Waals surface area contributed by atoms with Crippen molar-refractivity contribution in [1.29, 1.82) is 0 Å². The van der Waals surface area contributed by atoms with Gasteiger partial charge in [0, 0.05) is 28.4 Å². The Morgan fingerprint density at radius 1 is 1.04 bits per heavy atom. The Labute approximate surface area is 167 Å². The van der Waals surface area contributed by atoms with E-state index in [0.29, 0.717) is 27.7 Å². The predicted octanol–water partition coefficient (Wildman–Crippen LogP) is 5.21. The Kier molecular flexibility index (Phi) is 4.91. The lowest BCUT2D eigenvalue weighted by molar-refractivity contribution is 0.102. The van der Waals surface area contributed by atoms with E-state index in [2.05, 4.69) is 15.3 Å². The average molecular weight is 390 g/mol. The minimum Gasteiger partial charge on any atom is -0.495 e. The zero-order chi connectivity index (χ0) is 19.5. The third kappa shape index (κ3) is 3.52. The molecule has 4 rings (SSSR count). The van der Waals surface area contributed by atoms with Crippen LogP contribution in [0.3, 0.4) is 0 Å². The number of methoxy groups -OCH3 is 1. The molecular weight excluding hydrogens is 374 g/mol. The number of nitrogens with zero attached hydrogens (tertiary/aromatic N) is 2. The number of nitrogens with one attached hydrogen (secondary N) is 1. The summed E-state index contributed by atoms with van der Waals surface area (Å²) in [7, 11) is 1.54. The van der Waals surface area contributed by atoms with Crippen molar-refractivity contribution in [2.75, 3.05) is 12.4 Å². The summed E-state index contributed by atoms with van der Waals surface area (Å²) in [5.41, 5.74) is 3.34. The first-order chi connectivity index (χ1) is 13.7. The summed E-state index contributed by atoms with van der Waals surface area (Å²) in [5.74, 6) is 0.264. The smallest absolute Gasteiger partial charge is 0.256 e. The minimum atomic E-state index is -0.269. The highest BCUT2D eigenvalue weighted by molar-refractivity contribution is 6.31. The third-order valence-electron chi connectivity index (χ3n) is 4.35. The number of rotatable bonds is 4. The summed E-state index contributed by atoms with van der Waals surface area (Å²) in [4.78, 5) is 21.9. The first kappa shape index (κ1) is 17.9. The number of para-hydroxylation sites is 1. The van der Waals surface area contributed by atoms with Crippen molar-refractivity contribution in [3.8, 4) is 17.0 Å². The van der Waals surface area contributed by atoms with Crippen LogP contribution in [0, 0.1) is 0 Å². The largest absolute Gasteiger partial charge is 0.495 e. The van der Waals surface area contributed by atoms with Crippen molar-refractivity contribution in [1.82, 2.24) is 9.97 Å². The number of aromatic nitrogens is 2. The molecule has 0 aliphatic carbocycles. The normalized spacial score (nSPS) is 10.6. The maximum Gasteiger partial charge on any atom is 0.256 e. The van der Waals surface area contributed by atoms with Gasteiger partial charge in [0.15, 0.2) is 0 Å². The number of benzene rings is 2. The van der Waals surface area contributed by atoms with Gasteiger partial charge in [0.2, 0.25) is 0 Å². The van der Waals surface area contributed by atoms with Crippen molar-refractivity contribution < 1.29 is 9.53 Å². The molecule has 0 spiro atoms. The van der Waals surface area contributed by atoms with Gasteiger partial charge in [-0.3, -0.25) is 9.78 Å². The van der Waals surface area contributed by atoms with Crippen LogP contribution in [0.2, 0.25) is 5.02 Å². The van der Waals surface area contributed by atoms with Crippen molar-refractivity contribution in [3.05, 3.63) is 83.6 Å². The van der Waals surface area contributed by atoms with Crippen LogP contribution in [0.25, 0.3) is 22.2 Å². The first-order valence-electron chi connectivity index (χ1n) is 8.61. The number of fused-ring (bicyclic) bond motifs is 1. The Morgan fingerprint density at radius 3 is 2.61 bits per heavy atom. The highest BCUT2D eigenvalue weighted by Crippen LogP contribution is 2.30. The highest BCUT2D eigenvalue weighted by atomic mass is 35.5. The van der Waals surface area contributed by atoms with Crippen molar-refractivity contribution in [2.24, 2.45) is 0 Å². The second kappa shape index (κ2) is 7.66. The molecule has 0 bridgehead atoms. The topological polar surface area (TPSA) is 64.1 Å².